The molecule has 0 aliphatic rings. The normalized spacial score (nSPS) is 13.1. The summed E-state index contributed by atoms with van der Waals surface area (Å²) in [4.78, 5) is 0. The highest BCUT2D eigenvalue weighted by atomic mass is 32.2. The van der Waals surface area contributed by atoms with Crippen molar-refractivity contribution in [2.45, 2.75) is 25.1 Å². The van der Waals surface area contributed by atoms with E-state index in [9.17, 15) is 0 Å². The Labute approximate surface area is 90.2 Å². The van der Waals surface area contributed by atoms with E-state index < -0.39 is 0 Å². The Kier molecular flexibility index (Phi) is 5.01. The lowest BCUT2D eigenvalue weighted by Crippen LogP contribution is -2.29. The van der Waals surface area contributed by atoms with Crippen molar-refractivity contribution in [1.82, 2.24) is 5.43 Å². The largest absolute Gasteiger partial charge is 0.271 e. The van der Waals surface area contributed by atoms with Gasteiger partial charge in [0, 0.05) is 5.75 Å². The molecule has 1 rings (SSSR count). The van der Waals surface area contributed by atoms with Crippen LogP contribution in [0, 0.1) is 0 Å². The molecule has 0 bridgehead atoms. The van der Waals surface area contributed by atoms with Crippen molar-refractivity contribution in [2.24, 2.45) is 5.84 Å². The van der Waals surface area contributed by atoms with Crippen LogP contribution < -0.4 is 11.3 Å². The van der Waals surface area contributed by atoms with E-state index >= 15 is 0 Å². The molecule has 0 aromatic heterocycles. The number of hydrogen-bond acceptors (Lipinski definition) is 3. The average molecular weight is 210 g/mol. The predicted octanol–water partition coefficient (Wildman–Crippen LogP) is 2.33. The Balaban J connectivity index is 2.54. The minimum Gasteiger partial charge on any atom is -0.271 e. The van der Waals surface area contributed by atoms with Crippen LogP contribution in [-0.2, 0) is 0 Å². The van der Waals surface area contributed by atoms with E-state index in [2.05, 4.69) is 31.4 Å². The van der Waals surface area contributed by atoms with Gasteiger partial charge in [0.05, 0.1) is 6.04 Å². The second-order valence-corrected chi connectivity index (χ2v) is 5.12. The smallest absolute Gasteiger partial charge is 0.0550 e. The maximum atomic E-state index is 5.53. The number of hydrogen-bond donors (Lipinski definition) is 2. The molecule has 78 valence electrons. The maximum absolute atomic E-state index is 5.53. The highest BCUT2D eigenvalue weighted by molar-refractivity contribution is 7.99. The summed E-state index contributed by atoms with van der Waals surface area (Å²) in [6.07, 6.45) is 0. The molecule has 14 heavy (non-hydrogen) atoms. The standard InChI is InChI=1S/C11H18N2S/c1-9(2)14-8-11(13-12)10-6-4-3-5-7-10/h3-7,9,11,13H,8,12H2,1-2H3. The maximum Gasteiger partial charge on any atom is 0.0550 e. The minimum absolute atomic E-state index is 0.253. The van der Waals surface area contributed by atoms with Gasteiger partial charge in [-0.2, -0.15) is 11.8 Å². The van der Waals surface area contributed by atoms with E-state index in [1.54, 1.807) is 0 Å². The summed E-state index contributed by atoms with van der Waals surface area (Å²) in [5.74, 6) is 6.54. The monoisotopic (exact) mass is 210 g/mol. The average Bonchev–Trinajstić information content (AvgIpc) is 2.20. The van der Waals surface area contributed by atoms with Gasteiger partial charge in [-0.3, -0.25) is 11.3 Å². The number of rotatable bonds is 5. The summed E-state index contributed by atoms with van der Waals surface area (Å²) in [5, 5.41) is 0.648. The Bertz CT molecular complexity index is 249. The van der Waals surface area contributed by atoms with Gasteiger partial charge >= 0.3 is 0 Å². The van der Waals surface area contributed by atoms with Gasteiger partial charge in [0.1, 0.15) is 0 Å². The number of nitrogens with one attached hydrogen (secondary N) is 1. The molecule has 1 aromatic rings. The van der Waals surface area contributed by atoms with Crippen LogP contribution in [0.25, 0.3) is 0 Å². The van der Waals surface area contributed by atoms with Crippen LogP contribution in [0.2, 0.25) is 0 Å². The van der Waals surface area contributed by atoms with E-state index in [0.717, 1.165) is 5.75 Å². The summed E-state index contributed by atoms with van der Waals surface area (Å²) >= 11 is 1.92. The molecule has 0 saturated carbocycles. The number of nitrogens with two attached hydrogens (primary N) is 1. The summed E-state index contributed by atoms with van der Waals surface area (Å²) in [6, 6.07) is 10.6. The summed E-state index contributed by atoms with van der Waals surface area (Å²) in [6.45, 7) is 4.40. The number of thioether (sulfide) groups is 1. The molecule has 0 saturated heterocycles. The lowest BCUT2D eigenvalue weighted by Gasteiger charge is -2.16. The molecule has 1 atom stereocenters. The lowest BCUT2D eigenvalue weighted by molar-refractivity contribution is 0.610. The summed E-state index contributed by atoms with van der Waals surface area (Å²) in [7, 11) is 0. The van der Waals surface area contributed by atoms with Crippen LogP contribution in [0.5, 0.6) is 0 Å². The zero-order chi connectivity index (χ0) is 10.4. The fraction of sp³-hybridized carbons (Fsp3) is 0.455. The first kappa shape index (κ1) is 11.6. The van der Waals surface area contributed by atoms with Crippen molar-refractivity contribution < 1.29 is 0 Å². The first-order valence-corrected chi connectivity index (χ1v) is 5.91. The third kappa shape index (κ3) is 3.70. The van der Waals surface area contributed by atoms with Crippen LogP contribution in [0.4, 0.5) is 0 Å². The van der Waals surface area contributed by atoms with Crippen LogP contribution in [0.1, 0.15) is 25.5 Å². The van der Waals surface area contributed by atoms with Gasteiger partial charge in [0.25, 0.3) is 0 Å². The zero-order valence-electron chi connectivity index (χ0n) is 8.73. The van der Waals surface area contributed by atoms with Crippen LogP contribution in [0.15, 0.2) is 30.3 Å². The molecule has 0 heterocycles. The van der Waals surface area contributed by atoms with Gasteiger partial charge < -0.3 is 0 Å². The Morgan fingerprint density at radius 3 is 2.43 bits per heavy atom. The lowest BCUT2D eigenvalue weighted by atomic mass is 10.1. The third-order valence-electron chi connectivity index (χ3n) is 2.00. The molecule has 2 nitrogen and oxygen atoms in total. The molecule has 0 radical (unpaired) electrons. The van der Waals surface area contributed by atoms with E-state index in [1.165, 1.54) is 5.56 Å². The van der Waals surface area contributed by atoms with Gasteiger partial charge in [-0.1, -0.05) is 44.2 Å². The van der Waals surface area contributed by atoms with E-state index in [0.29, 0.717) is 5.25 Å². The van der Waals surface area contributed by atoms with Crippen LogP contribution >= 0.6 is 11.8 Å². The minimum atomic E-state index is 0.253. The molecule has 0 fully saturated rings. The molecular formula is C11H18N2S. The predicted molar refractivity (Wildman–Crippen MR) is 64.1 cm³/mol. The van der Waals surface area contributed by atoms with Gasteiger partial charge in [-0.05, 0) is 10.8 Å². The van der Waals surface area contributed by atoms with E-state index in [4.69, 9.17) is 5.84 Å². The van der Waals surface area contributed by atoms with Gasteiger partial charge in [0.2, 0.25) is 0 Å². The molecule has 0 spiro atoms. The van der Waals surface area contributed by atoms with Crippen molar-refractivity contribution in [3.8, 4) is 0 Å². The summed E-state index contributed by atoms with van der Waals surface area (Å²) in [5.41, 5.74) is 4.11. The van der Waals surface area contributed by atoms with Gasteiger partial charge in [-0.25, -0.2) is 0 Å². The summed E-state index contributed by atoms with van der Waals surface area (Å²) < 4.78 is 0. The fourth-order valence-corrected chi connectivity index (χ4v) is 2.08. The fourth-order valence-electron chi connectivity index (χ4n) is 1.21. The van der Waals surface area contributed by atoms with Gasteiger partial charge in [0.15, 0.2) is 0 Å². The first-order chi connectivity index (χ1) is 6.74. The van der Waals surface area contributed by atoms with Crippen molar-refractivity contribution in [1.29, 1.82) is 0 Å². The van der Waals surface area contributed by atoms with Crippen molar-refractivity contribution >= 4 is 11.8 Å². The second kappa shape index (κ2) is 6.06. The number of benzene rings is 1. The topological polar surface area (TPSA) is 38.0 Å². The Morgan fingerprint density at radius 2 is 1.93 bits per heavy atom. The molecular weight excluding hydrogens is 192 g/mol. The Morgan fingerprint density at radius 1 is 1.29 bits per heavy atom. The molecule has 1 unspecified atom stereocenters. The van der Waals surface area contributed by atoms with Crippen LogP contribution in [0.3, 0.4) is 0 Å². The zero-order valence-corrected chi connectivity index (χ0v) is 9.55. The van der Waals surface area contributed by atoms with E-state index in [1.807, 2.05) is 30.0 Å². The van der Waals surface area contributed by atoms with Gasteiger partial charge in [-0.15, -0.1) is 0 Å². The molecule has 0 amide bonds. The highest BCUT2D eigenvalue weighted by Gasteiger charge is 2.09. The Hall–Kier alpha value is -0.510. The quantitative estimate of drug-likeness (QED) is 0.578. The highest BCUT2D eigenvalue weighted by Crippen LogP contribution is 2.20. The molecule has 0 aliphatic heterocycles. The van der Waals surface area contributed by atoms with Crippen molar-refractivity contribution in [2.75, 3.05) is 5.75 Å². The third-order valence-corrected chi connectivity index (χ3v) is 3.19. The number of hydrazine groups is 1. The first-order valence-electron chi connectivity index (χ1n) is 4.86. The second-order valence-electron chi connectivity index (χ2n) is 3.51. The van der Waals surface area contributed by atoms with Crippen LogP contribution in [-0.4, -0.2) is 11.0 Å². The molecule has 0 aliphatic carbocycles. The molecule has 3 N–H and O–H groups in total. The van der Waals surface area contributed by atoms with Crippen molar-refractivity contribution in [3.63, 3.8) is 0 Å². The molecule has 3 heteroatoms. The molecule has 1 aromatic carbocycles. The van der Waals surface area contributed by atoms with E-state index in [-0.39, 0.29) is 6.04 Å². The van der Waals surface area contributed by atoms with Crippen molar-refractivity contribution in [3.05, 3.63) is 35.9 Å². The SMILES string of the molecule is CC(C)SCC(NN)c1ccccc1.